The molecule has 0 atom stereocenters. The summed E-state index contributed by atoms with van der Waals surface area (Å²) < 4.78 is 0.747. The number of nitrogens with zero attached hydrogens (tertiary/aromatic N) is 2. The summed E-state index contributed by atoms with van der Waals surface area (Å²) in [6, 6.07) is 5.00. The van der Waals surface area contributed by atoms with Gasteiger partial charge in [-0.15, -0.1) is 0 Å². The van der Waals surface area contributed by atoms with Gasteiger partial charge in [-0.1, -0.05) is 11.6 Å². The van der Waals surface area contributed by atoms with Crippen LogP contribution in [-0.4, -0.2) is 60.5 Å². The van der Waals surface area contributed by atoms with Gasteiger partial charge in [0.15, 0.2) is 0 Å². The first-order valence-corrected chi connectivity index (χ1v) is 7.37. The average molecular weight is 411 g/mol. The second-order valence-corrected chi connectivity index (χ2v) is 6.15. The number of carboxylic acids is 1. The molecule has 0 saturated heterocycles. The van der Waals surface area contributed by atoms with E-state index in [4.69, 9.17) is 16.7 Å². The minimum absolute atomic E-state index is 0.318. The van der Waals surface area contributed by atoms with Crippen LogP contribution < -0.4 is 0 Å². The molecule has 0 heterocycles. The number of likely N-dealkylation sites (N-methyl/N-ethyl adjacent to an activating group) is 1. The first kappa shape index (κ1) is 17.2. The maximum Gasteiger partial charge on any atom is 0.323 e. The maximum atomic E-state index is 12.4. The monoisotopic (exact) mass is 410 g/mol. The molecule has 1 rings (SSSR count). The molecular formula is C13H16ClIN2O3. The number of amides is 1. The van der Waals surface area contributed by atoms with Crippen LogP contribution in [0.4, 0.5) is 0 Å². The van der Waals surface area contributed by atoms with E-state index in [1.54, 1.807) is 18.2 Å². The lowest BCUT2D eigenvalue weighted by molar-refractivity contribution is -0.137. The van der Waals surface area contributed by atoms with E-state index in [9.17, 15) is 9.59 Å². The van der Waals surface area contributed by atoms with Gasteiger partial charge in [0.1, 0.15) is 6.54 Å². The number of hydrogen-bond acceptors (Lipinski definition) is 3. The quantitative estimate of drug-likeness (QED) is 0.729. The van der Waals surface area contributed by atoms with Crippen molar-refractivity contribution in [1.29, 1.82) is 0 Å². The van der Waals surface area contributed by atoms with E-state index in [0.717, 1.165) is 3.57 Å². The van der Waals surface area contributed by atoms with Gasteiger partial charge in [0.05, 0.1) is 5.56 Å². The zero-order chi connectivity index (χ0) is 15.3. The highest BCUT2D eigenvalue weighted by Gasteiger charge is 2.20. The van der Waals surface area contributed by atoms with Crippen LogP contribution in [0.25, 0.3) is 0 Å². The molecule has 1 N–H and O–H groups in total. The number of carbonyl (C=O) groups excluding carboxylic acids is 1. The molecule has 0 saturated carbocycles. The molecule has 1 aromatic carbocycles. The molecule has 0 aliphatic heterocycles. The summed E-state index contributed by atoms with van der Waals surface area (Å²) in [5.41, 5.74) is 0.429. The van der Waals surface area contributed by atoms with Gasteiger partial charge in [-0.25, -0.2) is 0 Å². The van der Waals surface area contributed by atoms with Crippen LogP contribution in [0.15, 0.2) is 18.2 Å². The van der Waals surface area contributed by atoms with Crippen molar-refractivity contribution < 1.29 is 14.7 Å². The van der Waals surface area contributed by atoms with Crippen LogP contribution in [0.3, 0.4) is 0 Å². The predicted octanol–water partition coefficient (Wildman–Crippen LogP) is 2.03. The fourth-order valence-electron chi connectivity index (χ4n) is 1.57. The van der Waals surface area contributed by atoms with Crippen LogP contribution in [-0.2, 0) is 4.79 Å². The third-order valence-electron chi connectivity index (χ3n) is 2.59. The Morgan fingerprint density at radius 3 is 2.50 bits per heavy atom. The lowest BCUT2D eigenvalue weighted by Crippen LogP contribution is -2.40. The van der Waals surface area contributed by atoms with Crippen molar-refractivity contribution in [3.05, 3.63) is 32.4 Å². The van der Waals surface area contributed by atoms with E-state index in [-0.39, 0.29) is 12.5 Å². The van der Waals surface area contributed by atoms with Crippen LogP contribution in [0.2, 0.25) is 5.02 Å². The van der Waals surface area contributed by atoms with Crippen molar-refractivity contribution in [2.24, 2.45) is 0 Å². The molecule has 110 valence electrons. The van der Waals surface area contributed by atoms with Crippen molar-refractivity contribution in [3.63, 3.8) is 0 Å². The summed E-state index contributed by atoms with van der Waals surface area (Å²) in [5.74, 6) is -1.35. The Labute approximate surface area is 136 Å². The molecule has 7 heteroatoms. The van der Waals surface area contributed by atoms with Crippen LogP contribution >= 0.6 is 34.2 Å². The lowest BCUT2D eigenvalue weighted by atomic mass is 10.2. The predicted molar refractivity (Wildman–Crippen MR) is 86.3 cm³/mol. The van der Waals surface area contributed by atoms with E-state index in [1.807, 2.05) is 41.6 Å². The van der Waals surface area contributed by atoms with Crippen LogP contribution in [0, 0.1) is 3.57 Å². The first-order chi connectivity index (χ1) is 9.31. The van der Waals surface area contributed by atoms with Crippen LogP contribution in [0.5, 0.6) is 0 Å². The van der Waals surface area contributed by atoms with Gasteiger partial charge in [0, 0.05) is 21.7 Å². The van der Waals surface area contributed by atoms with Gasteiger partial charge in [-0.05, 0) is 54.9 Å². The standard InChI is InChI=1S/C13H16ClIN2O3/c1-16(2)5-6-17(8-12(18)19)13(20)10-7-9(14)3-4-11(10)15/h3-4,7H,5-6,8H2,1-2H3,(H,18,19). The second-order valence-electron chi connectivity index (χ2n) is 4.55. The zero-order valence-corrected chi connectivity index (χ0v) is 14.2. The largest absolute Gasteiger partial charge is 0.480 e. The Bertz CT molecular complexity index is 508. The number of carbonyl (C=O) groups is 2. The zero-order valence-electron chi connectivity index (χ0n) is 11.3. The van der Waals surface area contributed by atoms with Crippen LogP contribution in [0.1, 0.15) is 10.4 Å². The van der Waals surface area contributed by atoms with E-state index >= 15 is 0 Å². The number of benzene rings is 1. The number of hydrogen-bond donors (Lipinski definition) is 1. The third kappa shape index (κ3) is 5.26. The Morgan fingerprint density at radius 2 is 1.95 bits per heavy atom. The van der Waals surface area contributed by atoms with Crippen molar-refractivity contribution >= 4 is 46.1 Å². The van der Waals surface area contributed by atoms with Gasteiger partial charge in [-0.3, -0.25) is 9.59 Å². The van der Waals surface area contributed by atoms with Crippen molar-refractivity contribution in [2.45, 2.75) is 0 Å². The Kier molecular flexibility index (Phi) is 6.70. The molecule has 0 aliphatic rings. The molecule has 0 radical (unpaired) electrons. The van der Waals surface area contributed by atoms with E-state index < -0.39 is 5.97 Å². The Morgan fingerprint density at radius 1 is 1.30 bits per heavy atom. The smallest absolute Gasteiger partial charge is 0.323 e. The first-order valence-electron chi connectivity index (χ1n) is 5.92. The molecule has 20 heavy (non-hydrogen) atoms. The molecule has 1 amide bonds. The third-order valence-corrected chi connectivity index (χ3v) is 3.77. The summed E-state index contributed by atoms with van der Waals surface area (Å²) >= 11 is 7.94. The normalized spacial score (nSPS) is 10.7. The summed E-state index contributed by atoms with van der Waals surface area (Å²) in [7, 11) is 3.74. The van der Waals surface area contributed by atoms with Gasteiger partial charge in [-0.2, -0.15) is 0 Å². The van der Waals surface area contributed by atoms with Gasteiger partial charge in [0.25, 0.3) is 5.91 Å². The van der Waals surface area contributed by atoms with E-state index in [1.165, 1.54) is 4.90 Å². The molecule has 5 nitrogen and oxygen atoms in total. The van der Waals surface area contributed by atoms with Crippen molar-refractivity contribution in [1.82, 2.24) is 9.80 Å². The molecule has 0 spiro atoms. The second kappa shape index (κ2) is 7.80. The van der Waals surface area contributed by atoms with E-state index in [2.05, 4.69) is 0 Å². The summed E-state index contributed by atoms with van der Waals surface area (Å²) in [6.07, 6.45) is 0. The topological polar surface area (TPSA) is 60.9 Å². The SMILES string of the molecule is CN(C)CCN(CC(=O)O)C(=O)c1cc(Cl)ccc1I. The minimum atomic E-state index is -1.03. The minimum Gasteiger partial charge on any atom is -0.480 e. The van der Waals surface area contributed by atoms with Gasteiger partial charge < -0.3 is 14.9 Å². The summed E-state index contributed by atoms with van der Waals surface area (Å²) in [4.78, 5) is 26.6. The highest BCUT2D eigenvalue weighted by atomic mass is 127. The molecule has 0 bridgehead atoms. The Balaban J connectivity index is 2.96. The fraction of sp³-hybridized carbons (Fsp3) is 0.385. The molecule has 0 aromatic heterocycles. The van der Waals surface area contributed by atoms with Gasteiger partial charge in [0.2, 0.25) is 0 Å². The number of carboxylic acid groups (broad SMARTS) is 1. The molecular weight excluding hydrogens is 395 g/mol. The van der Waals surface area contributed by atoms with E-state index in [0.29, 0.717) is 23.7 Å². The number of aliphatic carboxylic acids is 1. The highest BCUT2D eigenvalue weighted by Crippen LogP contribution is 2.19. The fourth-order valence-corrected chi connectivity index (χ4v) is 2.31. The lowest BCUT2D eigenvalue weighted by Gasteiger charge is -2.23. The molecule has 1 aromatic rings. The maximum absolute atomic E-state index is 12.4. The van der Waals surface area contributed by atoms with Crippen molar-refractivity contribution in [3.8, 4) is 0 Å². The number of rotatable bonds is 6. The molecule has 0 fully saturated rings. The number of halogens is 2. The van der Waals surface area contributed by atoms with Crippen molar-refractivity contribution in [2.75, 3.05) is 33.7 Å². The van der Waals surface area contributed by atoms with Gasteiger partial charge >= 0.3 is 5.97 Å². The summed E-state index contributed by atoms with van der Waals surface area (Å²) in [5, 5.41) is 9.39. The highest BCUT2D eigenvalue weighted by molar-refractivity contribution is 14.1. The molecule has 0 aliphatic carbocycles. The summed E-state index contributed by atoms with van der Waals surface area (Å²) in [6.45, 7) is 0.617. The molecule has 0 unspecified atom stereocenters. The average Bonchev–Trinajstić information content (AvgIpc) is 2.36. The Hall–Kier alpha value is -0.860.